The second-order valence-corrected chi connectivity index (χ2v) is 3.64. The van der Waals surface area contributed by atoms with Gasteiger partial charge in [-0.25, -0.2) is 9.78 Å². The summed E-state index contributed by atoms with van der Waals surface area (Å²) in [5, 5.41) is 5.92. The highest BCUT2D eigenvalue weighted by molar-refractivity contribution is 5.73. The molecular formula is C11H18N4O2. The summed E-state index contributed by atoms with van der Waals surface area (Å²) in [5.74, 6) is 0.562. The topological polar surface area (TPSA) is 66.5 Å². The van der Waals surface area contributed by atoms with E-state index in [1.807, 2.05) is 6.07 Å². The highest BCUT2D eigenvalue weighted by Gasteiger charge is 2.01. The Morgan fingerprint density at radius 3 is 2.88 bits per heavy atom. The number of hydrogen-bond acceptors (Lipinski definition) is 4. The number of urea groups is 1. The summed E-state index contributed by atoms with van der Waals surface area (Å²) >= 11 is 0. The molecule has 0 spiro atoms. The Labute approximate surface area is 101 Å². The van der Waals surface area contributed by atoms with Crippen molar-refractivity contribution < 1.29 is 9.53 Å². The number of nitrogens with one attached hydrogen (secondary N) is 2. The van der Waals surface area contributed by atoms with Crippen LogP contribution in [0.3, 0.4) is 0 Å². The minimum absolute atomic E-state index is 0.0980. The molecule has 1 aromatic rings. The van der Waals surface area contributed by atoms with Crippen LogP contribution in [0, 0.1) is 0 Å². The van der Waals surface area contributed by atoms with Gasteiger partial charge in [-0.05, 0) is 6.07 Å². The van der Waals surface area contributed by atoms with E-state index >= 15 is 0 Å². The van der Waals surface area contributed by atoms with Gasteiger partial charge in [0.05, 0.1) is 7.11 Å². The summed E-state index contributed by atoms with van der Waals surface area (Å²) in [5.41, 5.74) is 0.913. The summed E-state index contributed by atoms with van der Waals surface area (Å²) in [6.07, 6.45) is 1.67. The summed E-state index contributed by atoms with van der Waals surface area (Å²) < 4.78 is 5.00. The Balaban J connectivity index is 2.28. The Bertz CT molecular complexity index is 368. The molecule has 1 rings (SSSR count). The molecule has 6 nitrogen and oxygen atoms in total. The molecule has 2 amide bonds. The number of carbonyl (C=O) groups is 1. The van der Waals surface area contributed by atoms with E-state index in [-0.39, 0.29) is 6.03 Å². The molecule has 0 aliphatic heterocycles. The largest absolute Gasteiger partial charge is 0.481 e. The quantitative estimate of drug-likeness (QED) is 0.744. The lowest BCUT2D eigenvalue weighted by molar-refractivity contribution is 0.218. The van der Waals surface area contributed by atoms with Crippen molar-refractivity contribution in [2.75, 3.05) is 39.6 Å². The fraction of sp³-hybridized carbons (Fsp3) is 0.455. The molecule has 0 bridgehead atoms. The van der Waals surface area contributed by atoms with Crippen LogP contribution in [0.1, 0.15) is 0 Å². The summed E-state index contributed by atoms with van der Waals surface area (Å²) in [6.45, 7) is 1.20. The molecule has 0 radical (unpaired) electrons. The first kappa shape index (κ1) is 13.1. The molecule has 0 saturated heterocycles. The van der Waals surface area contributed by atoms with E-state index in [9.17, 15) is 4.79 Å². The van der Waals surface area contributed by atoms with Crippen molar-refractivity contribution in [1.82, 2.24) is 15.2 Å². The van der Waals surface area contributed by atoms with E-state index in [0.717, 1.165) is 5.69 Å². The van der Waals surface area contributed by atoms with Crippen molar-refractivity contribution in [3.63, 3.8) is 0 Å². The standard InChI is InChI=1S/C11H18N4O2/c1-15(2)11(16)14-7-6-12-9-4-5-13-10(8-9)17-3/h4-5,8H,6-7H2,1-3H3,(H,12,13)(H,14,16). The van der Waals surface area contributed by atoms with Crippen LogP contribution in [0.25, 0.3) is 0 Å². The molecule has 2 N–H and O–H groups in total. The minimum atomic E-state index is -0.0980. The van der Waals surface area contributed by atoms with Gasteiger partial charge >= 0.3 is 6.03 Å². The van der Waals surface area contributed by atoms with Crippen LogP contribution in [-0.4, -0.2) is 50.2 Å². The Morgan fingerprint density at radius 2 is 2.24 bits per heavy atom. The predicted octanol–water partition coefficient (Wildman–Crippen LogP) is 0.773. The SMILES string of the molecule is COc1cc(NCCNC(=O)N(C)C)ccn1. The van der Waals surface area contributed by atoms with E-state index in [0.29, 0.717) is 19.0 Å². The molecule has 1 heterocycles. The van der Waals surface area contributed by atoms with Gasteiger partial charge in [0.15, 0.2) is 0 Å². The number of carbonyl (C=O) groups excluding carboxylic acids is 1. The highest BCUT2D eigenvalue weighted by Crippen LogP contribution is 2.12. The van der Waals surface area contributed by atoms with Gasteiger partial charge in [-0.15, -0.1) is 0 Å². The van der Waals surface area contributed by atoms with E-state index in [1.54, 1.807) is 33.5 Å². The van der Waals surface area contributed by atoms with Crippen LogP contribution in [0.2, 0.25) is 0 Å². The van der Waals surface area contributed by atoms with E-state index in [1.165, 1.54) is 4.90 Å². The fourth-order valence-electron chi connectivity index (χ4n) is 1.17. The first-order chi connectivity index (χ1) is 8.13. The molecule has 0 aliphatic carbocycles. The Morgan fingerprint density at radius 1 is 1.47 bits per heavy atom. The van der Waals surface area contributed by atoms with Gasteiger partial charge in [-0.2, -0.15) is 0 Å². The van der Waals surface area contributed by atoms with E-state index < -0.39 is 0 Å². The van der Waals surface area contributed by atoms with Crippen molar-refractivity contribution in [3.05, 3.63) is 18.3 Å². The lowest BCUT2D eigenvalue weighted by atomic mass is 10.4. The first-order valence-corrected chi connectivity index (χ1v) is 5.32. The number of nitrogens with zero attached hydrogens (tertiary/aromatic N) is 2. The van der Waals surface area contributed by atoms with E-state index in [2.05, 4.69) is 15.6 Å². The summed E-state index contributed by atoms with van der Waals surface area (Å²) in [7, 11) is 4.98. The van der Waals surface area contributed by atoms with Crippen LogP contribution in [0.15, 0.2) is 18.3 Å². The van der Waals surface area contributed by atoms with Gasteiger partial charge in [0.1, 0.15) is 0 Å². The lowest BCUT2D eigenvalue weighted by Gasteiger charge is -2.12. The Kier molecular flexibility index (Phi) is 5.06. The zero-order valence-corrected chi connectivity index (χ0v) is 10.4. The maximum Gasteiger partial charge on any atom is 0.316 e. The maximum absolute atomic E-state index is 11.2. The number of amides is 2. The van der Waals surface area contributed by atoms with Crippen molar-refractivity contribution in [1.29, 1.82) is 0 Å². The van der Waals surface area contributed by atoms with Gasteiger partial charge in [0, 0.05) is 45.1 Å². The Hall–Kier alpha value is -1.98. The predicted molar refractivity (Wildman–Crippen MR) is 66.4 cm³/mol. The number of aromatic nitrogens is 1. The van der Waals surface area contributed by atoms with Gasteiger partial charge < -0.3 is 20.3 Å². The number of rotatable bonds is 5. The minimum Gasteiger partial charge on any atom is -0.481 e. The molecule has 0 saturated carbocycles. The maximum atomic E-state index is 11.2. The number of pyridine rings is 1. The molecule has 0 aliphatic rings. The van der Waals surface area contributed by atoms with Gasteiger partial charge in [-0.1, -0.05) is 0 Å². The molecule has 94 valence electrons. The third kappa shape index (κ3) is 4.58. The average molecular weight is 238 g/mol. The molecule has 1 aromatic heterocycles. The smallest absolute Gasteiger partial charge is 0.316 e. The molecule has 0 fully saturated rings. The normalized spacial score (nSPS) is 9.59. The zero-order valence-electron chi connectivity index (χ0n) is 10.4. The second kappa shape index (κ2) is 6.57. The summed E-state index contributed by atoms with van der Waals surface area (Å²) in [4.78, 5) is 16.7. The second-order valence-electron chi connectivity index (χ2n) is 3.64. The fourth-order valence-corrected chi connectivity index (χ4v) is 1.17. The number of anilines is 1. The van der Waals surface area contributed by atoms with Crippen LogP contribution < -0.4 is 15.4 Å². The molecule has 6 heteroatoms. The summed E-state index contributed by atoms with van der Waals surface area (Å²) in [6, 6.07) is 3.54. The zero-order chi connectivity index (χ0) is 12.7. The van der Waals surface area contributed by atoms with Crippen molar-refractivity contribution >= 4 is 11.7 Å². The van der Waals surface area contributed by atoms with Gasteiger partial charge in [0.25, 0.3) is 0 Å². The van der Waals surface area contributed by atoms with Crippen LogP contribution >= 0.6 is 0 Å². The van der Waals surface area contributed by atoms with Crippen LogP contribution in [0.4, 0.5) is 10.5 Å². The molecule has 0 atom stereocenters. The number of ether oxygens (including phenoxy) is 1. The third-order valence-electron chi connectivity index (χ3n) is 2.08. The molecule has 17 heavy (non-hydrogen) atoms. The van der Waals surface area contributed by atoms with Crippen molar-refractivity contribution in [2.45, 2.75) is 0 Å². The lowest BCUT2D eigenvalue weighted by Crippen LogP contribution is -2.37. The first-order valence-electron chi connectivity index (χ1n) is 5.32. The third-order valence-corrected chi connectivity index (χ3v) is 2.08. The highest BCUT2D eigenvalue weighted by atomic mass is 16.5. The van der Waals surface area contributed by atoms with E-state index in [4.69, 9.17) is 4.74 Å². The average Bonchev–Trinajstić information content (AvgIpc) is 2.34. The van der Waals surface area contributed by atoms with Crippen LogP contribution in [-0.2, 0) is 0 Å². The van der Waals surface area contributed by atoms with Crippen molar-refractivity contribution in [2.24, 2.45) is 0 Å². The van der Waals surface area contributed by atoms with Gasteiger partial charge in [-0.3, -0.25) is 0 Å². The number of methoxy groups -OCH3 is 1. The van der Waals surface area contributed by atoms with Gasteiger partial charge in [0.2, 0.25) is 5.88 Å². The molecule has 0 aromatic carbocycles. The van der Waals surface area contributed by atoms with Crippen molar-refractivity contribution in [3.8, 4) is 5.88 Å². The molecular weight excluding hydrogens is 220 g/mol. The monoisotopic (exact) mass is 238 g/mol. The number of hydrogen-bond donors (Lipinski definition) is 2. The molecule has 0 unspecified atom stereocenters. The van der Waals surface area contributed by atoms with Crippen LogP contribution in [0.5, 0.6) is 5.88 Å².